The number of carbonyl (C=O) groups excluding carboxylic acids is 2. The lowest BCUT2D eigenvalue weighted by molar-refractivity contribution is -0.150. The number of β-lactam (4-membered cyclic amide) rings is 1. The number of nitrogens with one attached hydrogen (secondary N) is 1. The summed E-state index contributed by atoms with van der Waals surface area (Å²) in [6.07, 6.45) is 1.27. The highest BCUT2D eigenvalue weighted by atomic mass is 32.2. The molecule has 27 heavy (non-hydrogen) atoms. The molecule has 2 aliphatic rings. The highest BCUT2D eigenvalue weighted by Gasteiger charge is 2.54. The average Bonchev–Trinajstić information content (AvgIpc) is 3.05. The lowest BCUT2D eigenvalue weighted by atomic mass is 10.0. The van der Waals surface area contributed by atoms with E-state index in [0.717, 1.165) is 0 Å². The number of aliphatic carboxylic acids is 1. The van der Waals surface area contributed by atoms with Gasteiger partial charge in [-0.15, -0.1) is 23.1 Å². The summed E-state index contributed by atoms with van der Waals surface area (Å²) in [6.45, 7) is 1.68. The molecule has 3 atom stereocenters. The van der Waals surface area contributed by atoms with Crippen LogP contribution in [0.25, 0.3) is 0 Å². The van der Waals surface area contributed by atoms with Crippen molar-refractivity contribution in [3.63, 3.8) is 0 Å². The van der Waals surface area contributed by atoms with E-state index in [1.54, 1.807) is 12.3 Å². The summed E-state index contributed by atoms with van der Waals surface area (Å²) in [5, 5.41) is 17.1. The van der Waals surface area contributed by atoms with Gasteiger partial charge in [0.25, 0.3) is 5.91 Å². The zero-order chi connectivity index (χ0) is 19.7. The number of anilines is 1. The summed E-state index contributed by atoms with van der Waals surface area (Å²) in [5.41, 5.74) is 6.61. The molecule has 144 valence electrons. The van der Waals surface area contributed by atoms with Crippen molar-refractivity contribution in [2.75, 3.05) is 18.6 Å². The molecule has 2 aliphatic heterocycles. The predicted molar refractivity (Wildman–Crippen MR) is 100 cm³/mol. The first-order valence-corrected chi connectivity index (χ1v) is 9.73. The second-order valence-electron chi connectivity index (χ2n) is 5.86. The molecule has 3 rings (SSSR count). The van der Waals surface area contributed by atoms with Gasteiger partial charge in [-0.2, -0.15) is 0 Å². The van der Waals surface area contributed by atoms with E-state index in [2.05, 4.69) is 20.3 Å². The maximum absolute atomic E-state index is 12.7. The second-order valence-corrected chi connectivity index (χ2v) is 7.85. The molecular formula is C15H17N5O5S2. The number of fused-ring (bicyclic) bond motifs is 1. The fraction of sp³-hybridized carbons (Fsp3) is 0.400. The molecule has 4 N–H and O–H groups in total. The number of amides is 2. The topological polar surface area (TPSA) is 147 Å². The van der Waals surface area contributed by atoms with Crippen molar-refractivity contribution < 1.29 is 24.3 Å². The van der Waals surface area contributed by atoms with Crippen molar-refractivity contribution in [3.8, 4) is 0 Å². The van der Waals surface area contributed by atoms with Crippen LogP contribution in [0.5, 0.6) is 0 Å². The van der Waals surface area contributed by atoms with E-state index in [0.29, 0.717) is 22.2 Å². The Kier molecular flexibility index (Phi) is 5.37. The minimum Gasteiger partial charge on any atom is -0.477 e. The van der Waals surface area contributed by atoms with E-state index in [4.69, 9.17) is 5.73 Å². The van der Waals surface area contributed by atoms with Crippen LogP contribution in [0.4, 0.5) is 5.13 Å². The van der Waals surface area contributed by atoms with Crippen molar-refractivity contribution in [3.05, 3.63) is 22.3 Å². The number of thiazole rings is 1. The number of nitrogens with two attached hydrogens (primary N) is 1. The first-order valence-electron chi connectivity index (χ1n) is 7.80. The Balaban J connectivity index is 1.77. The monoisotopic (exact) mass is 411 g/mol. The van der Waals surface area contributed by atoms with Gasteiger partial charge >= 0.3 is 5.97 Å². The van der Waals surface area contributed by atoms with Crippen molar-refractivity contribution in [2.45, 2.75) is 24.3 Å². The summed E-state index contributed by atoms with van der Waals surface area (Å²) >= 11 is 2.58. The van der Waals surface area contributed by atoms with E-state index in [9.17, 15) is 19.5 Å². The Morgan fingerprint density at radius 3 is 2.93 bits per heavy atom. The van der Waals surface area contributed by atoms with Gasteiger partial charge in [0.1, 0.15) is 30.1 Å². The predicted octanol–water partition coefficient (Wildman–Crippen LogP) is 0.200. The zero-order valence-corrected chi connectivity index (χ0v) is 16.0. The fourth-order valence-electron chi connectivity index (χ4n) is 2.86. The fourth-order valence-corrected chi connectivity index (χ4v) is 4.75. The van der Waals surface area contributed by atoms with E-state index < -0.39 is 35.1 Å². The largest absolute Gasteiger partial charge is 0.477 e. The number of carboxylic acids is 1. The van der Waals surface area contributed by atoms with Gasteiger partial charge in [-0.25, -0.2) is 9.78 Å². The summed E-state index contributed by atoms with van der Waals surface area (Å²) in [5.74, 6) is -2.52. The smallest absolute Gasteiger partial charge is 0.352 e. The molecule has 0 aliphatic carbocycles. The molecule has 1 aromatic rings. The van der Waals surface area contributed by atoms with Crippen LogP contribution >= 0.6 is 23.1 Å². The number of nitrogens with zero attached hydrogens (tertiary/aromatic N) is 3. The molecule has 0 spiro atoms. The summed E-state index contributed by atoms with van der Waals surface area (Å²) in [6, 6.07) is -0.820. The molecule has 0 radical (unpaired) electrons. The standard InChI is InChI=1S/C15H17N5O5S2/c1-6-4-26-13-9(12(22)20(13)10(6)14(23)24)19-11(21)7(3-17-25-2)8-5-27-15(16)18-8/h3,5,7,9,13H,4H2,1-2H3,(H2,16,18)(H,19,21)(H,23,24)/t7?,9-,13-/m1/s1. The van der Waals surface area contributed by atoms with E-state index in [-0.39, 0.29) is 5.70 Å². The van der Waals surface area contributed by atoms with Gasteiger partial charge in [-0.1, -0.05) is 5.16 Å². The molecule has 10 nitrogen and oxygen atoms in total. The number of hydrogen-bond acceptors (Lipinski definition) is 9. The Labute approximate surface area is 162 Å². The van der Waals surface area contributed by atoms with Gasteiger partial charge in [0.15, 0.2) is 5.13 Å². The summed E-state index contributed by atoms with van der Waals surface area (Å²) in [7, 11) is 1.34. The molecule has 0 saturated carbocycles. The Morgan fingerprint density at radius 1 is 1.59 bits per heavy atom. The molecule has 1 unspecified atom stereocenters. The number of carboxylic acid groups (broad SMARTS) is 1. The van der Waals surface area contributed by atoms with Crippen molar-refractivity contribution >= 4 is 52.2 Å². The van der Waals surface area contributed by atoms with E-state index in [1.807, 2.05) is 0 Å². The van der Waals surface area contributed by atoms with Crippen LogP contribution in [-0.2, 0) is 19.2 Å². The molecule has 1 aromatic heterocycles. The van der Waals surface area contributed by atoms with E-state index in [1.165, 1.54) is 41.3 Å². The van der Waals surface area contributed by atoms with Crippen molar-refractivity contribution in [1.82, 2.24) is 15.2 Å². The molecule has 0 aromatic carbocycles. The van der Waals surface area contributed by atoms with Gasteiger partial charge in [0.2, 0.25) is 5.91 Å². The first-order chi connectivity index (χ1) is 12.8. The summed E-state index contributed by atoms with van der Waals surface area (Å²) in [4.78, 5) is 46.6. The number of aromatic nitrogens is 1. The molecule has 2 amide bonds. The number of carbonyl (C=O) groups is 3. The Hall–Kier alpha value is -2.60. The normalized spacial score (nSPS) is 23.0. The van der Waals surface area contributed by atoms with Crippen LogP contribution in [-0.4, -0.2) is 63.3 Å². The quantitative estimate of drug-likeness (QED) is 0.342. The Morgan fingerprint density at radius 2 is 2.33 bits per heavy atom. The minimum absolute atomic E-state index is 0.0148. The highest BCUT2D eigenvalue weighted by Crippen LogP contribution is 2.40. The number of oxime groups is 1. The van der Waals surface area contributed by atoms with Crippen LogP contribution in [0.2, 0.25) is 0 Å². The van der Waals surface area contributed by atoms with Gasteiger partial charge in [-0.05, 0) is 12.5 Å². The first kappa shape index (κ1) is 19.2. The number of nitrogen functional groups attached to an aromatic ring is 1. The van der Waals surface area contributed by atoms with Gasteiger partial charge in [0.05, 0.1) is 11.9 Å². The Bertz CT molecular complexity index is 851. The molecule has 12 heteroatoms. The van der Waals surface area contributed by atoms with Crippen LogP contribution < -0.4 is 11.1 Å². The van der Waals surface area contributed by atoms with Crippen molar-refractivity contribution in [2.24, 2.45) is 5.16 Å². The molecule has 1 saturated heterocycles. The third kappa shape index (κ3) is 3.49. The molecule has 1 fully saturated rings. The van der Waals surface area contributed by atoms with Crippen LogP contribution in [0.1, 0.15) is 18.5 Å². The average molecular weight is 411 g/mol. The third-order valence-corrected chi connectivity index (χ3v) is 6.23. The third-order valence-electron chi connectivity index (χ3n) is 4.12. The molecular weight excluding hydrogens is 394 g/mol. The highest BCUT2D eigenvalue weighted by molar-refractivity contribution is 8.00. The van der Waals surface area contributed by atoms with Crippen LogP contribution in [0.3, 0.4) is 0 Å². The van der Waals surface area contributed by atoms with Crippen molar-refractivity contribution in [1.29, 1.82) is 0 Å². The molecule has 3 heterocycles. The van der Waals surface area contributed by atoms with Gasteiger partial charge < -0.3 is 21.0 Å². The number of thioether (sulfide) groups is 1. The second kappa shape index (κ2) is 7.56. The SMILES string of the molecule is CON=CC(C(=O)N[C@@H]1C(=O)N2C(C(=O)O)=C(C)CS[C@H]12)c1csc(N)n1. The molecule has 0 bridgehead atoms. The number of hydrogen-bond donors (Lipinski definition) is 3. The number of rotatable bonds is 6. The van der Waals surface area contributed by atoms with Gasteiger partial charge in [-0.3, -0.25) is 14.5 Å². The minimum atomic E-state index is -1.15. The summed E-state index contributed by atoms with van der Waals surface area (Å²) < 4.78 is 0. The van der Waals surface area contributed by atoms with E-state index >= 15 is 0 Å². The van der Waals surface area contributed by atoms with Crippen LogP contribution in [0.15, 0.2) is 21.8 Å². The maximum atomic E-state index is 12.7. The zero-order valence-electron chi connectivity index (χ0n) is 14.4. The maximum Gasteiger partial charge on any atom is 0.352 e. The lowest BCUT2D eigenvalue weighted by Gasteiger charge is -2.49. The van der Waals surface area contributed by atoms with Crippen LogP contribution in [0, 0.1) is 0 Å². The van der Waals surface area contributed by atoms with Gasteiger partial charge in [0, 0.05) is 11.1 Å². The lowest BCUT2D eigenvalue weighted by Crippen LogP contribution is -2.70.